The summed E-state index contributed by atoms with van der Waals surface area (Å²) in [4.78, 5) is 0. The number of alkyl halides is 3. The van der Waals surface area contributed by atoms with Crippen molar-refractivity contribution in [2.45, 2.75) is 38.9 Å². The Hall–Kier alpha value is -1.14. The maximum Gasteiger partial charge on any atom is 0.419 e. The largest absolute Gasteiger partial charge is 0.419 e. The standard InChI is InChI=1S/C13H18F4N2/c1-8(2)3-6-12(19-18)9-4-5-10(11(14)7-9)13(15,16)17/h4-5,7-8,12,19H,3,6,18H2,1-2H3. The third-order valence-corrected chi connectivity index (χ3v) is 2.93. The van der Waals surface area contributed by atoms with E-state index in [1.54, 1.807) is 0 Å². The molecule has 1 rings (SSSR count). The first-order valence-corrected chi connectivity index (χ1v) is 6.08. The summed E-state index contributed by atoms with van der Waals surface area (Å²) in [6.45, 7) is 4.06. The van der Waals surface area contributed by atoms with E-state index in [4.69, 9.17) is 5.84 Å². The fraction of sp³-hybridized carbons (Fsp3) is 0.538. The number of rotatable bonds is 5. The molecule has 0 aliphatic carbocycles. The van der Waals surface area contributed by atoms with Gasteiger partial charge in [-0.3, -0.25) is 11.3 Å². The molecule has 0 aliphatic heterocycles. The number of halogens is 4. The van der Waals surface area contributed by atoms with Crippen molar-refractivity contribution in [2.24, 2.45) is 11.8 Å². The van der Waals surface area contributed by atoms with Gasteiger partial charge < -0.3 is 0 Å². The lowest BCUT2D eigenvalue weighted by Gasteiger charge is -2.18. The quantitative estimate of drug-likeness (QED) is 0.488. The molecule has 0 fully saturated rings. The summed E-state index contributed by atoms with van der Waals surface area (Å²) >= 11 is 0. The maximum absolute atomic E-state index is 13.5. The summed E-state index contributed by atoms with van der Waals surface area (Å²) in [5.74, 6) is 4.54. The number of nitrogens with one attached hydrogen (secondary N) is 1. The van der Waals surface area contributed by atoms with Crippen LogP contribution in [0.25, 0.3) is 0 Å². The van der Waals surface area contributed by atoms with Crippen LogP contribution in [0.1, 0.15) is 43.9 Å². The number of hydrogen-bond acceptors (Lipinski definition) is 2. The van der Waals surface area contributed by atoms with Crippen LogP contribution in [0.15, 0.2) is 18.2 Å². The Morgan fingerprint density at radius 3 is 2.26 bits per heavy atom. The van der Waals surface area contributed by atoms with Gasteiger partial charge in [-0.05, 0) is 36.5 Å². The van der Waals surface area contributed by atoms with E-state index in [0.717, 1.165) is 18.6 Å². The minimum Gasteiger partial charge on any atom is -0.271 e. The van der Waals surface area contributed by atoms with Gasteiger partial charge in [-0.2, -0.15) is 13.2 Å². The van der Waals surface area contributed by atoms with Crippen molar-refractivity contribution < 1.29 is 17.6 Å². The molecule has 1 unspecified atom stereocenters. The second-order valence-corrected chi connectivity index (χ2v) is 4.93. The van der Waals surface area contributed by atoms with Crippen molar-refractivity contribution in [3.8, 4) is 0 Å². The third-order valence-electron chi connectivity index (χ3n) is 2.93. The number of benzene rings is 1. The SMILES string of the molecule is CC(C)CCC(NN)c1ccc(C(F)(F)F)c(F)c1. The van der Waals surface area contributed by atoms with Gasteiger partial charge in [-0.25, -0.2) is 4.39 Å². The van der Waals surface area contributed by atoms with E-state index < -0.39 is 17.6 Å². The van der Waals surface area contributed by atoms with Crippen molar-refractivity contribution >= 4 is 0 Å². The van der Waals surface area contributed by atoms with Crippen LogP contribution in [0.2, 0.25) is 0 Å². The molecule has 1 aromatic carbocycles. The molecule has 0 aromatic heterocycles. The van der Waals surface area contributed by atoms with Gasteiger partial charge in [-0.1, -0.05) is 19.9 Å². The average molecular weight is 278 g/mol. The highest BCUT2D eigenvalue weighted by molar-refractivity contribution is 5.28. The Morgan fingerprint density at radius 2 is 1.84 bits per heavy atom. The molecule has 3 N–H and O–H groups in total. The summed E-state index contributed by atoms with van der Waals surface area (Å²) < 4.78 is 50.8. The van der Waals surface area contributed by atoms with Crippen LogP contribution < -0.4 is 11.3 Å². The van der Waals surface area contributed by atoms with E-state index in [0.29, 0.717) is 17.9 Å². The van der Waals surface area contributed by atoms with Crippen LogP contribution in [0.3, 0.4) is 0 Å². The predicted octanol–water partition coefficient (Wildman–Crippen LogP) is 3.79. The lowest BCUT2D eigenvalue weighted by molar-refractivity contribution is -0.140. The Kier molecular flexibility index (Phi) is 5.31. The molecular weight excluding hydrogens is 260 g/mol. The van der Waals surface area contributed by atoms with E-state index in [1.807, 2.05) is 13.8 Å². The molecule has 0 saturated carbocycles. The van der Waals surface area contributed by atoms with Crippen molar-refractivity contribution in [1.29, 1.82) is 0 Å². The van der Waals surface area contributed by atoms with Crippen molar-refractivity contribution in [1.82, 2.24) is 5.43 Å². The van der Waals surface area contributed by atoms with E-state index in [-0.39, 0.29) is 6.04 Å². The molecule has 0 bridgehead atoms. The van der Waals surface area contributed by atoms with Gasteiger partial charge in [0.2, 0.25) is 0 Å². The van der Waals surface area contributed by atoms with Gasteiger partial charge in [0, 0.05) is 6.04 Å². The van der Waals surface area contributed by atoms with Crippen molar-refractivity contribution in [3.63, 3.8) is 0 Å². The monoisotopic (exact) mass is 278 g/mol. The Morgan fingerprint density at radius 1 is 1.21 bits per heavy atom. The van der Waals surface area contributed by atoms with Crippen LogP contribution in [-0.4, -0.2) is 0 Å². The zero-order chi connectivity index (χ0) is 14.6. The third kappa shape index (κ3) is 4.47. The van der Waals surface area contributed by atoms with Gasteiger partial charge >= 0.3 is 6.18 Å². The molecule has 1 aromatic rings. The van der Waals surface area contributed by atoms with Crippen LogP contribution >= 0.6 is 0 Å². The zero-order valence-corrected chi connectivity index (χ0v) is 10.9. The van der Waals surface area contributed by atoms with Gasteiger partial charge in [0.15, 0.2) is 0 Å². The molecule has 19 heavy (non-hydrogen) atoms. The highest BCUT2D eigenvalue weighted by atomic mass is 19.4. The molecule has 2 nitrogen and oxygen atoms in total. The topological polar surface area (TPSA) is 38.0 Å². The summed E-state index contributed by atoms with van der Waals surface area (Å²) in [5.41, 5.74) is 1.68. The normalized spacial score (nSPS) is 13.9. The van der Waals surface area contributed by atoms with Crippen molar-refractivity contribution in [3.05, 3.63) is 35.1 Å². The van der Waals surface area contributed by atoms with Crippen LogP contribution in [0.5, 0.6) is 0 Å². The molecule has 0 spiro atoms. The Labute approximate surface area is 110 Å². The number of hydrogen-bond donors (Lipinski definition) is 2. The summed E-state index contributed by atoms with van der Waals surface area (Å²) in [6.07, 6.45) is -3.19. The molecule has 108 valence electrons. The first-order chi connectivity index (χ1) is 8.75. The molecule has 0 heterocycles. The average Bonchev–Trinajstić information content (AvgIpc) is 2.27. The second-order valence-electron chi connectivity index (χ2n) is 4.93. The van der Waals surface area contributed by atoms with Crippen LogP contribution in [0.4, 0.5) is 17.6 Å². The zero-order valence-electron chi connectivity index (χ0n) is 10.9. The minimum atomic E-state index is -4.67. The predicted molar refractivity (Wildman–Crippen MR) is 65.5 cm³/mol. The molecule has 1 atom stereocenters. The molecule has 0 saturated heterocycles. The highest BCUT2D eigenvalue weighted by Gasteiger charge is 2.34. The van der Waals surface area contributed by atoms with Gasteiger partial charge in [0.05, 0.1) is 5.56 Å². The molecular formula is C13H18F4N2. The summed E-state index contributed by atoms with van der Waals surface area (Å²) in [6, 6.07) is 2.56. The van der Waals surface area contributed by atoms with E-state index >= 15 is 0 Å². The first-order valence-electron chi connectivity index (χ1n) is 6.08. The highest BCUT2D eigenvalue weighted by Crippen LogP contribution is 2.33. The van der Waals surface area contributed by atoms with Gasteiger partial charge in [0.25, 0.3) is 0 Å². The number of nitrogens with two attached hydrogens (primary N) is 1. The van der Waals surface area contributed by atoms with Crippen molar-refractivity contribution in [2.75, 3.05) is 0 Å². The van der Waals surface area contributed by atoms with E-state index in [1.165, 1.54) is 6.07 Å². The molecule has 0 radical (unpaired) electrons. The number of hydrazine groups is 1. The lowest BCUT2D eigenvalue weighted by Crippen LogP contribution is -2.28. The van der Waals surface area contributed by atoms with Crippen LogP contribution in [-0.2, 0) is 6.18 Å². The maximum atomic E-state index is 13.5. The fourth-order valence-electron chi connectivity index (χ4n) is 1.82. The molecule has 0 aliphatic rings. The molecule has 6 heteroatoms. The molecule has 0 amide bonds. The van der Waals surface area contributed by atoms with E-state index in [9.17, 15) is 17.6 Å². The Bertz CT molecular complexity index is 416. The fourth-order valence-corrected chi connectivity index (χ4v) is 1.82. The Balaban J connectivity index is 2.92. The first kappa shape index (κ1) is 15.9. The smallest absolute Gasteiger partial charge is 0.271 e. The summed E-state index contributed by atoms with van der Waals surface area (Å²) in [5, 5.41) is 0. The van der Waals surface area contributed by atoms with Gasteiger partial charge in [0.1, 0.15) is 5.82 Å². The second kappa shape index (κ2) is 6.34. The van der Waals surface area contributed by atoms with Gasteiger partial charge in [-0.15, -0.1) is 0 Å². The lowest BCUT2D eigenvalue weighted by atomic mass is 9.97. The minimum absolute atomic E-state index is 0.348. The summed E-state index contributed by atoms with van der Waals surface area (Å²) in [7, 11) is 0. The van der Waals surface area contributed by atoms with Crippen LogP contribution in [0, 0.1) is 11.7 Å². The van der Waals surface area contributed by atoms with E-state index in [2.05, 4.69) is 5.43 Å².